The molecule has 1 N–H and O–H groups in total. The van der Waals surface area contributed by atoms with Crippen LogP contribution in [0.2, 0.25) is 0 Å². The minimum atomic E-state index is -0.470. The summed E-state index contributed by atoms with van der Waals surface area (Å²) in [6, 6.07) is 13.9. The lowest BCUT2D eigenvalue weighted by Crippen LogP contribution is -2.49. The normalized spacial score (nSPS) is 17.0. The Morgan fingerprint density at radius 3 is 2.46 bits per heavy atom. The summed E-state index contributed by atoms with van der Waals surface area (Å²) in [6.07, 6.45) is 0.0352. The van der Waals surface area contributed by atoms with Gasteiger partial charge in [-0.05, 0) is 24.6 Å². The Hall–Kier alpha value is -1.69. The fourth-order valence-corrected chi connectivity index (χ4v) is 3.93. The molecule has 1 saturated heterocycles. The molecule has 1 atom stereocenters. The van der Waals surface area contributed by atoms with Crippen LogP contribution in [0.3, 0.4) is 0 Å². The van der Waals surface area contributed by atoms with Crippen molar-refractivity contribution >= 4 is 17.2 Å². The Morgan fingerprint density at radius 2 is 1.83 bits per heavy atom. The van der Waals surface area contributed by atoms with E-state index in [1.54, 1.807) is 11.3 Å². The van der Waals surface area contributed by atoms with Crippen molar-refractivity contribution in [2.45, 2.75) is 19.4 Å². The van der Waals surface area contributed by atoms with Crippen molar-refractivity contribution in [3.05, 3.63) is 57.8 Å². The van der Waals surface area contributed by atoms with Gasteiger partial charge in [-0.25, -0.2) is 0 Å². The Morgan fingerprint density at radius 1 is 1.12 bits per heavy atom. The van der Waals surface area contributed by atoms with E-state index in [1.807, 2.05) is 41.3 Å². The topological polar surface area (TPSA) is 43.8 Å². The number of benzene rings is 1. The fourth-order valence-electron chi connectivity index (χ4n) is 3.05. The molecule has 5 heteroatoms. The van der Waals surface area contributed by atoms with Gasteiger partial charge in [0.05, 0.1) is 12.5 Å². The fraction of sp³-hybridized carbons (Fsp3) is 0.421. The first-order valence-electron chi connectivity index (χ1n) is 8.40. The molecule has 0 unspecified atom stereocenters. The second-order valence-electron chi connectivity index (χ2n) is 6.30. The first kappa shape index (κ1) is 17.1. The zero-order valence-corrected chi connectivity index (χ0v) is 14.8. The number of carbonyl (C=O) groups excluding carboxylic acids is 1. The summed E-state index contributed by atoms with van der Waals surface area (Å²) in [5, 5.41) is 10.3. The van der Waals surface area contributed by atoms with Crippen molar-refractivity contribution in [1.82, 2.24) is 9.80 Å². The summed E-state index contributed by atoms with van der Waals surface area (Å²) in [7, 11) is 0. The predicted octanol–water partition coefficient (Wildman–Crippen LogP) is 2.48. The molecule has 0 spiro atoms. The average Bonchev–Trinajstić information content (AvgIpc) is 3.01. The number of β-amino-alcohol motifs (C(OH)–C–C–N with tert-alkyl or cyclic N) is 1. The van der Waals surface area contributed by atoms with E-state index in [9.17, 15) is 9.90 Å². The Balaban J connectivity index is 1.46. The largest absolute Gasteiger partial charge is 0.387 e. The highest BCUT2D eigenvalue weighted by Crippen LogP contribution is 2.18. The molecule has 2 heterocycles. The number of nitrogens with zero attached hydrogens (tertiary/aromatic N) is 2. The molecular weight excluding hydrogens is 320 g/mol. The number of aryl methyl sites for hydroxylation is 1. The van der Waals surface area contributed by atoms with Crippen LogP contribution in [-0.4, -0.2) is 53.5 Å². The summed E-state index contributed by atoms with van der Waals surface area (Å²) in [6.45, 7) is 5.80. The summed E-state index contributed by atoms with van der Waals surface area (Å²) in [4.78, 5) is 19.0. The second kappa shape index (κ2) is 7.92. The molecule has 1 aliphatic rings. The monoisotopic (exact) mass is 344 g/mol. The standard InChI is InChI=1S/C19H24N2O2S/c1-15-7-8-17(24-15)13-19(23)21-11-9-20(10-12-21)14-18(22)16-5-3-2-4-6-16/h2-8,18,22H,9-14H2,1H3/t18-/m1/s1. The van der Waals surface area contributed by atoms with Crippen molar-refractivity contribution in [3.63, 3.8) is 0 Å². The van der Waals surface area contributed by atoms with Crippen LogP contribution in [0.15, 0.2) is 42.5 Å². The highest BCUT2D eigenvalue weighted by molar-refractivity contribution is 7.12. The highest BCUT2D eigenvalue weighted by atomic mass is 32.1. The minimum absolute atomic E-state index is 0.208. The maximum absolute atomic E-state index is 12.4. The van der Waals surface area contributed by atoms with Crippen LogP contribution in [0.1, 0.15) is 21.4 Å². The van der Waals surface area contributed by atoms with Gasteiger partial charge in [0.25, 0.3) is 0 Å². The molecule has 0 aliphatic carbocycles. The van der Waals surface area contributed by atoms with Gasteiger partial charge in [0.15, 0.2) is 0 Å². The number of hydrogen-bond donors (Lipinski definition) is 1. The lowest BCUT2D eigenvalue weighted by atomic mass is 10.1. The van der Waals surface area contributed by atoms with E-state index in [-0.39, 0.29) is 5.91 Å². The van der Waals surface area contributed by atoms with Gasteiger partial charge in [0.1, 0.15) is 0 Å². The molecule has 1 aromatic heterocycles. The number of piperazine rings is 1. The Bertz CT molecular complexity index is 663. The van der Waals surface area contributed by atoms with Crippen molar-refractivity contribution in [1.29, 1.82) is 0 Å². The van der Waals surface area contributed by atoms with Crippen LogP contribution in [0, 0.1) is 6.92 Å². The van der Waals surface area contributed by atoms with Gasteiger partial charge in [-0.1, -0.05) is 30.3 Å². The number of aliphatic hydroxyl groups is 1. The first-order chi connectivity index (χ1) is 11.6. The first-order valence-corrected chi connectivity index (χ1v) is 9.22. The van der Waals surface area contributed by atoms with Crippen LogP contribution >= 0.6 is 11.3 Å². The van der Waals surface area contributed by atoms with Gasteiger partial charge in [-0.15, -0.1) is 11.3 Å². The van der Waals surface area contributed by atoms with Gasteiger partial charge in [-0.2, -0.15) is 0 Å². The van der Waals surface area contributed by atoms with Crippen molar-refractivity contribution < 1.29 is 9.90 Å². The van der Waals surface area contributed by atoms with E-state index in [0.717, 1.165) is 36.6 Å². The van der Waals surface area contributed by atoms with Gasteiger partial charge in [0, 0.05) is 42.5 Å². The molecule has 1 fully saturated rings. The smallest absolute Gasteiger partial charge is 0.227 e. The third-order valence-corrected chi connectivity index (χ3v) is 5.46. The Labute approximate surface area is 147 Å². The van der Waals surface area contributed by atoms with Crippen LogP contribution in [-0.2, 0) is 11.2 Å². The average molecular weight is 344 g/mol. The van der Waals surface area contributed by atoms with Crippen LogP contribution in [0.25, 0.3) is 0 Å². The zero-order chi connectivity index (χ0) is 16.9. The van der Waals surface area contributed by atoms with Crippen LogP contribution in [0.5, 0.6) is 0 Å². The third kappa shape index (κ3) is 4.44. The van der Waals surface area contributed by atoms with E-state index in [2.05, 4.69) is 17.9 Å². The number of rotatable bonds is 5. The van der Waals surface area contributed by atoms with E-state index in [4.69, 9.17) is 0 Å². The lowest BCUT2D eigenvalue weighted by molar-refractivity contribution is -0.132. The SMILES string of the molecule is Cc1ccc(CC(=O)N2CCN(C[C@@H](O)c3ccccc3)CC2)s1. The molecule has 2 aromatic rings. The number of amides is 1. The van der Waals surface area contributed by atoms with E-state index < -0.39 is 6.10 Å². The third-order valence-electron chi connectivity index (χ3n) is 4.46. The lowest BCUT2D eigenvalue weighted by Gasteiger charge is -2.35. The Kier molecular flexibility index (Phi) is 5.66. The number of aliphatic hydroxyl groups excluding tert-OH is 1. The minimum Gasteiger partial charge on any atom is -0.387 e. The van der Waals surface area contributed by atoms with E-state index in [0.29, 0.717) is 13.0 Å². The number of hydrogen-bond acceptors (Lipinski definition) is 4. The molecule has 0 radical (unpaired) electrons. The van der Waals surface area contributed by atoms with Crippen LogP contribution < -0.4 is 0 Å². The molecule has 4 nitrogen and oxygen atoms in total. The van der Waals surface area contributed by atoms with Gasteiger partial charge in [-0.3, -0.25) is 9.69 Å². The van der Waals surface area contributed by atoms with Crippen LogP contribution in [0.4, 0.5) is 0 Å². The maximum Gasteiger partial charge on any atom is 0.227 e. The molecule has 1 aliphatic heterocycles. The molecule has 1 amide bonds. The quantitative estimate of drug-likeness (QED) is 0.906. The molecule has 128 valence electrons. The second-order valence-corrected chi connectivity index (χ2v) is 7.67. The summed E-state index contributed by atoms with van der Waals surface area (Å²) in [5.41, 5.74) is 0.948. The van der Waals surface area contributed by atoms with Gasteiger partial charge < -0.3 is 10.0 Å². The van der Waals surface area contributed by atoms with E-state index >= 15 is 0 Å². The van der Waals surface area contributed by atoms with E-state index in [1.165, 1.54) is 4.88 Å². The highest BCUT2D eigenvalue weighted by Gasteiger charge is 2.23. The van der Waals surface area contributed by atoms with Crippen molar-refractivity contribution in [3.8, 4) is 0 Å². The number of carbonyl (C=O) groups is 1. The molecule has 0 saturated carbocycles. The van der Waals surface area contributed by atoms with Crippen molar-refractivity contribution in [2.24, 2.45) is 0 Å². The van der Waals surface area contributed by atoms with Gasteiger partial charge in [0.2, 0.25) is 5.91 Å². The summed E-state index contributed by atoms with van der Waals surface area (Å²) in [5.74, 6) is 0.208. The number of thiophene rings is 1. The molecule has 0 bridgehead atoms. The molecule has 3 rings (SSSR count). The maximum atomic E-state index is 12.4. The zero-order valence-electron chi connectivity index (χ0n) is 14.0. The van der Waals surface area contributed by atoms with Gasteiger partial charge >= 0.3 is 0 Å². The molecule has 24 heavy (non-hydrogen) atoms. The predicted molar refractivity (Wildman–Crippen MR) is 97.2 cm³/mol. The summed E-state index contributed by atoms with van der Waals surface area (Å²) >= 11 is 1.70. The molecule has 1 aromatic carbocycles. The van der Waals surface area contributed by atoms with Crippen molar-refractivity contribution in [2.75, 3.05) is 32.7 Å². The summed E-state index contributed by atoms with van der Waals surface area (Å²) < 4.78 is 0. The molecular formula is C19H24N2O2S.